The molecule has 0 spiro atoms. The standard InChI is InChI=1S/C6H15N5.ClH/c1-4-9-5(7)10-6(8)11(2)3;/h4H2,1-3H3,(H4,7,8,9,10);1H/i2D3,3D3;. The Kier molecular flexibility index (Phi) is 2.75. The number of halogens is 1. The molecular weight excluding hydrogens is 178 g/mol. The van der Waals surface area contributed by atoms with Crippen LogP contribution >= 0.6 is 12.4 Å². The van der Waals surface area contributed by atoms with Crippen LogP contribution in [0.2, 0.25) is 0 Å². The van der Waals surface area contributed by atoms with Gasteiger partial charge < -0.3 is 16.4 Å². The van der Waals surface area contributed by atoms with Crippen molar-refractivity contribution in [1.82, 2.24) is 4.90 Å². The van der Waals surface area contributed by atoms with Gasteiger partial charge in [0, 0.05) is 28.7 Å². The van der Waals surface area contributed by atoms with Crippen LogP contribution in [0.5, 0.6) is 0 Å². The zero-order valence-electron chi connectivity index (χ0n) is 12.6. The molecule has 0 atom stereocenters. The Morgan fingerprint density at radius 2 is 2.08 bits per heavy atom. The van der Waals surface area contributed by atoms with Crippen LogP contribution in [0.3, 0.4) is 0 Å². The van der Waals surface area contributed by atoms with Crippen molar-refractivity contribution < 1.29 is 8.22 Å². The normalized spacial score (nSPS) is 21.8. The molecule has 0 bridgehead atoms. The Morgan fingerprint density at radius 3 is 2.50 bits per heavy atom. The summed E-state index contributed by atoms with van der Waals surface area (Å²) in [5, 5.41) is 0. The molecular formula is C6H16ClN5. The predicted octanol–water partition coefficient (Wildman–Crippen LogP) is -0.381. The molecule has 0 saturated carbocycles. The molecule has 0 aliphatic carbocycles. The quantitative estimate of drug-likeness (QED) is 0.446. The molecule has 0 amide bonds. The molecule has 5 nitrogen and oxygen atoms in total. The molecule has 0 unspecified atom stereocenters. The number of rotatable bonds is 1. The zero-order chi connectivity index (χ0) is 13.9. The third-order valence-corrected chi connectivity index (χ3v) is 0.778. The predicted molar refractivity (Wildman–Crippen MR) is 54.7 cm³/mol. The minimum atomic E-state index is -2.94. The van der Waals surface area contributed by atoms with Crippen molar-refractivity contribution in [2.45, 2.75) is 6.92 Å². The van der Waals surface area contributed by atoms with Crippen molar-refractivity contribution in [1.29, 1.82) is 0 Å². The SMILES string of the molecule is Cl.[2H]C([2H])([2H])N(C(N)=NC(N)=NCC)C([2H])([2H])[2H]. The van der Waals surface area contributed by atoms with E-state index in [4.69, 9.17) is 19.7 Å². The lowest BCUT2D eigenvalue weighted by molar-refractivity contribution is 0.615. The van der Waals surface area contributed by atoms with E-state index in [0.29, 0.717) is 6.54 Å². The average molecular weight is 200 g/mol. The van der Waals surface area contributed by atoms with Gasteiger partial charge in [-0.05, 0) is 6.92 Å². The lowest BCUT2D eigenvalue weighted by Gasteiger charge is -2.09. The summed E-state index contributed by atoms with van der Waals surface area (Å²) in [7, 11) is 0. The lowest BCUT2D eigenvalue weighted by Crippen LogP contribution is -2.32. The Balaban J connectivity index is 0. The summed E-state index contributed by atoms with van der Waals surface area (Å²) in [5.74, 6) is -0.997. The molecule has 0 aromatic rings. The average Bonchev–Trinajstić information content (AvgIpc) is 1.96. The molecule has 0 radical (unpaired) electrons. The van der Waals surface area contributed by atoms with Crippen molar-refractivity contribution in [3.8, 4) is 0 Å². The van der Waals surface area contributed by atoms with E-state index >= 15 is 0 Å². The fraction of sp³-hybridized carbons (Fsp3) is 0.667. The molecule has 12 heavy (non-hydrogen) atoms. The minimum absolute atomic E-state index is 0. The van der Waals surface area contributed by atoms with Gasteiger partial charge in [0.2, 0.25) is 5.96 Å². The van der Waals surface area contributed by atoms with E-state index < -0.39 is 19.9 Å². The second kappa shape index (κ2) is 6.72. The maximum Gasteiger partial charge on any atom is 0.218 e. The van der Waals surface area contributed by atoms with E-state index in [9.17, 15) is 0 Å². The summed E-state index contributed by atoms with van der Waals surface area (Å²) in [6.45, 7) is -3.87. The molecule has 0 rings (SSSR count). The molecule has 0 aliphatic heterocycles. The number of nitrogens with zero attached hydrogens (tertiary/aromatic N) is 3. The molecule has 0 aromatic heterocycles. The first kappa shape index (κ1) is 4.91. The van der Waals surface area contributed by atoms with Gasteiger partial charge in [-0.15, -0.1) is 12.4 Å². The molecule has 6 heteroatoms. The van der Waals surface area contributed by atoms with E-state index in [-0.39, 0.29) is 23.3 Å². The first-order valence-electron chi connectivity index (χ1n) is 5.94. The van der Waals surface area contributed by atoms with Crippen molar-refractivity contribution in [3.63, 3.8) is 0 Å². The number of nitrogens with two attached hydrogens (primary N) is 2. The van der Waals surface area contributed by atoms with Gasteiger partial charge in [0.1, 0.15) is 0 Å². The summed E-state index contributed by atoms with van der Waals surface area (Å²) >= 11 is 0. The first-order valence-corrected chi connectivity index (χ1v) is 2.94. The Morgan fingerprint density at radius 1 is 1.50 bits per heavy atom. The van der Waals surface area contributed by atoms with Crippen LogP contribution in [0.25, 0.3) is 0 Å². The van der Waals surface area contributed by atoms with Gasteiger partial charge in [-0.25, -0.2) is 0 Å². The maximum atomic E-state index is 7.08. The largest absolute Gasteiger partial charge is 0.369 e. The van der Waals surface area contributed by atoms with E-state index in [1.54, 1.807) is 6.92 Å². The first-order chi connectivity index (χ1) is 7.50. The molecule has 0 fully saturated rings. The molecule has 0 heterocycles. The van der Waals surface area contributed by atoms with Gasteiger partial charge in [0.15, 0.2) is 5.96 Å². The van der Waals surface area contributed by atoms with Gasteiger partial charge in [-0.1, -0.05) is 0 Å². The third kappa shape index (κ3) is 5.79. The fourth-order valence-corrected chi connectivity index (χ4v) is 0.365. The van der Waals surface area contributed by atoms with Crippen LogP contribution in [-0.2, 0) is 0 Å². The summed E-state index contributed by atoms with van der Waals surface area (Å²) in [5.41, 5.74) is 10.6. The van der Waals surface area contributed by atoms with Crippen LogP contribution < -0.4 is 11.5 Å². The van der Waals surface area contributed by atoms with Gasteiger partial charge in [0.25, 0.3) is 0 Å². The Bertz CT molecular complexity index is 307. The van der Waals surface area contributed by atoms with E-state index in [0.717, 1.165) is 0 Å². The molecule has 72 valence electrons. The Labute approximate surface area is 87.4 Å². The van der Waals surface area contributed by atoms with Crippen molar-refractivity contribution in [2.24, 2.45) is 21.5 Å². The van der Waals surface area contributed by atoms with Crippen LogP contribution in [0.1, 0.15) is 15.1 Å². The van der Waals surface area contributed by atoms with E-state index in [2.05, 4.69) is 9.98 Å². The highest BCUT2D eigenvalue weighted by Gasteiger charge is 1.93. The summed E-state index contributed by atoms with van der Waals surface area (Å²) in [4.78, 5) is 7.11. The fourth-order valence-electron chi connectivity index (χ4n) is 0.365. The van der Waals surface area contributed by atoms with Crippen LogP contribution in [0.4, 0.5) is 0 Å². The van der Waals surface area contributed by atoms with E-state index in [1.165, 1.54) is 0 Å². The smallest absolute Gasteiger partial charge is 0.218 e. The highest BCUT2D eigenvalue weighted by molar-refractivity contribution is 5.92. The topological polar surface area (TPSA) is 80.0 Å². The summed E-state index contributed by atoms with van der Waals surface area (Å²) < 4.78 is 42.5. The van der Waals surface area contributed by atoms with Gasteiger partial charge in [0.05, 0.1) is 0 Å². The zero-order valence-corrected chi connectivity index (χ0v) is 7.43. The molecule has 0 aliphatic rings. The van der Waals surface area contributed by atoms with Crippen LogP contribution in [0, 0.1) is 0 Å². The van der Waals surface area contributed by atoms with Crippen molar-refractivity contribution in [3.05, 3.63) is 0 Å². The highest BCUT2D eigenvalue weighted by Crippen LogP contribution is 1.77. The van der Waals surface area contributed by atoms with Gasteiger partial charge in [-0.3, -0.25) is 4.99 Å². The monoisotopic (exact) mass is 199 g/mol. The minimum Gasteiger partial charge on any atom is -0.369 e. The summed E-state index contributed by atoms with van der Waals surface area (Å²) in [6.07, 6.45) is 0. The number of guanidine groups is 2. The van der Waals surface area contributed by atoms with Crippen molar-refractivity contribution >= 4 is 24.3 Å². The molecule has 4 N–H and O–H groups in total. The van der Waals surface area contributed by atoms with E-state index in [1.807, 2.05) is 0 Å². The summed E-state index contributed by atoms with van der Waals surface area (Å²) in [6, 6.07) is 0. The molecule has 0 aromatic carbocycles. The number of hydrogen-bond donors (Lipinski definition) is 2. The maximum absolute atomic E-state index is 7.08. The highest BCUT2D eigenvalue weighted by atomic mass is 35.5. The second-order valence-electron chi connectivity index (χ2n) is 1.64. The Hall–Kier alpha value is -0.970. The lowest BCUT2D eigenvalue weighted by atomic mass is 10.7. The van der Waals surface area contributed by atoms with Crippen LogP contribution in [-0.4, -0.2) is 37.3 Å². The third-order valence-electron chi connectivity index (χ3n) is 0.778. The van der Waals surface area contributed by atoms with Gasteiger partial charge in [-0.2, -0.15) is 4.99 Å². The number of hydrogen-bond acceptors (Lipinski definition) is 1. The second-order valence-corrected chi connectivity index (χ2v) is 1.64. The van der Waals surface area contributed by atoms with Crippen LogP contribution in [0.15, 0.2) is 9.98 Å². The van der Waals surface area contributed by atoms with Gasteiger partial charge >= 0.3 is 0 Å². The number of aliphatic imine (C=N–C) groups is 2. The van der Waals surface area contributed by atoms with Crippen molar-refractivity contribution in [2.75, 3.05) is 20.5 Å². The molecule has 0 saturated heterocycles.